The van der Waals surface area contributed by atoms with Gasteiger partial charge in [-0.05, 0) is 36.1 Å². The van der Waals surface area contributed by atoms with Crippen LogP contribution in [0.25, 0.3) is 0 Å². The molecule has 29 heavy (non-hydrogen) atoms. The molecule has 0 saturated carbocycles. The summed E-state index contributed by atoms with van der Waals surface area (Å²) in [6.07, 6.45) is 1.19. The predicted molar refractivity (Wildman–Crippen MR) is 112 cm³/mol. The Hall–Kier alpha value is -3.02. The molecule has 2 heterocycles. The van der Waals surface area contributed by atoms with Gasteiger partial charge in [0.2, 0.25) is 11.8 Å². The number of anilines is 2. The van der Waals surface area contributed by atoms with E-state index < -0.39 is 0 Å². The molecule has 2 amide bonds. The number of carbonyl (C=O) groups excluding carboxylic acids is 2. The minimum atomic E-state index is -0.388. The molecule has 152 valence electrons. The maximum Gasteiger partial charge on any atom is 0.229 e. The molecule has 1 fully saturated rings. The molecule has 1 saturated heterocycles. The SMILES string of the molecule is CC[C@H](C)c1ccccc1NC(=O)[C@@H]1CC(=O)N(c2ccc3c(c2)OCCO3)C1. The van der Waals surface area contributed by atoms with Crippen LogP contribution in [0.3, 0.4) is 0 Å². The molecule has 4 rings (SSSR count). The van der Waals surface area contributed by atoms with Gasteiger partial charge in [-0.25, -0.2) is 0 Å². The lowest BCUT2D eigenvalue weighted by atomic mass is 9.96. The highest BCUT2D eigenvalue weighted by Gasteiger charge is 2.36. The largest absolute Gasteiger partial charge is 0.486 e. The quantitative estimate of drug-likeness (QED) is 0.833. The van der Waals surface area contributed by atoms with Gasteiger partial charge in [-0.15, -0.1) is 0 Å². The van der Waals surface area contributed by atoms with Crippen LogP contribution in [0.1, 0.15) is 38.2 Å². The Balaban J connectivity index is 1.48. The number of amides is 2. The molecule has 2 aliphatic heterocycles. The van der Waals surface area contributed by atoms with Gasteiger partial charge in [0.25, 0.3) is 0 Å². The highest BCUT2D eigenvalue weighted by atomic mass is 16.6. The molecule has 2 aromatic rings. The van der Waals surface area contributed by atoms with E-state index in [1.165, 1.54) is 0 Å². The van der Waals surface area contributed by atoms with Crippen LogP contribution in [0.5, 0.6) is 11.5 Å². The molecular formula is C23H26N2O4. The first-order chi connectivity index (χ1) is 14.1. The average molecular weight is 394 g/mol. The van der Waals surface area contributed by atoms with Crippen LogP contribution in [0, 0.1) is 5.92 Å². The lowest BCUT2D eigenvalue weighted by Crippen LogP contribution is -2.28. The molecule has 2 atom stereocenters. The highest BCUT2D eigenvalue weighted by molar-refractivity contribution is 6.03. The highest BCUT2D eigenvalue weighted by Crippen LogP contribution is 2.36. The minimum absolute atomic E-state index is 0.0583. The van der Waals surface area contributed by atoms with Gasteiger partial charge in [-0.2, -0.15) is 0 Å². The number of fused-ring (bicyclic) bond motifs is 1. The van der Waals surface area contributed by atoms with Crippen molar-refractivity contribution in [3.63, 3.8) is 0 Å². The van der Waals surface area contributed by atoms with E-state index in [1.807, 2.05) is 42.5 Å². The molecule has 0 aromatic heterocycles. The zero-order chi connectivity index (χ0) is 20.4. The van der Waals surface area contributed by atoms with E-state index in [-0.39, 0.29) is 24.2 Å². The van der Waals surface area contributed by atoms with Crippen LogP contribution < -0.4 is 19.7 Å². The van der Waals surface area contributed by atoms with Crippen LogP contribution in [0.2, 0.25) is 0 Å². The molecule has 6 nitrogen and oxygen atoms in total. The van der Waals surface area contributed by atoms with Crippen molar-refractivity contribution in [3.05, 3.63) is 48.0 Å². The Morgan fingerprint density at radius 3 is 2.72 bits per heavy atom. The van der Waals surface area contributed by atoms with Crippen molar-refractivity contribution in [1.82, 2.24) is 0 Å². The summed E-state index contributed by atoms with van der Waals surface area (Å²) >= 11 is 0. The van der Waals surface area contributed by atoms with Gasteiger partial charge in [-0.3, -0.25) is 9.59 Å². The van der Waals surface area contributed by atoms with E-state index in [2.05, 4.69) is 19.2 Å². The van der Waals surface area contributed by atoms with Gasteiger partial charge in [-0.1, -0.05) is 32.0 Å². The second-order valence-electron chi connectivity index (χ2n) is 7.62. The van der Waals surface area contributed by atoms with Gasteiger partial charge >= 0.3 is 0 Å². The zero-order valence-corrected chi connectivity index (χ0v) is 16.8. The summed E-state index contributed by atoms with van der Waals surface area (Å²) in [4.78, 5) is 27.2. The lowest BCUT2D eigenvalue weighted by Gasteiger charge is -2.22. The van der Waals surface area contributed by atoms with Crippen LogP contribution in [-0.2, 0) is 9.59 Å². The predicted octanol–water partition coefficient (Wildman–Crippen LogP) is 3.96. The third-order valence-electron chi connectivity index (χ3n) is 5.70. The van der Waals surface area contributed by atoms with E-state index in [0.717, 1.165) is 23.4 Å². The molecule has 2 aliphatic rings. The number of nitrogens with one attached hydrogen (secondary N) is 1. The summed E-state index contributed by atoms with van der Waals surface area (Å²) in [5.41, 5.74) is 2.68. The molecule has 0 aliphatic carbocycles. The molecule has 0 unspecified atom stereocenters. The summed E-state index contributed by atoms with van der Waals surface area (Å²) in [7, 11) is 0. The van der Waals surface area contributed by atoms with Crippen molar-refractivity contribution in [3.8, 4) is 11.5 Å². The summed E-state index contributed by atoms with van der Waals surface area (Å²) in [6, 6.07) is 13.3. The summed E-state index contributed by atoms with van der Waals surface area (Å²) in [6.45, 7) is 5.65. The Morgan fingerprint density at radius 2 is 1.93 bits per heavy atom. The zero-order valence-electron chi connectivity index (χ0n) is 16.8. The fourth-order valence-electron chi connectivity index (χ4n) is 3.83. The average Bonchev–Trinajstić information content (AvgIpc) is 3.15. The number of ether oxygens (including phenoxy) is 2. The fraction of sp³-hybridized carbons (Fsp3) is 0.391. The summed E-state index contributed by atoms with van der Waals surface area (Å²) in [5.74, 6) is 1.11. The smallest absolute Gasteiger partial charge is 0.229 e. The van der Waals surface area contributed by atoms with Crippen LogP contribution in [0.4, 0.5) is 11.4 Å². The van der Waals surface area contributed by atoms with Crippen molar-refractivity contribution in [2.75, 3.05) is 30.0 Å². The number of hydrogen-bond donors (Lipinski definition) is 1. The minimum Gasteiger partial charge on any atom is -0.486 e. The number of para-hydroxylation sites is 1. The topological polar surface area (TPSA) is 67.9 Å². The fourth-order valence-corrected chi connectivity index (χ4v) is 3.83. The van der Waals surface area contributed by atoms with Crippen molar-refractivity contribution in [2.45, 2.75) is 32.6 Å². The van der Waals surface area contributed by atoms with E-state index in [4.69, 9.17) is 9.47 Å². The maximum absolute atomic E-state index is 12.9. The monoisotopic (exact) mass is 394 g/mol. The molecule has 6 heteroatoms. The molecule has 1 N–H and O–H groups in total. The summed E-state index contributed by atoms with van der Waals surface area (Å²) < 4.78 is 11.2. The lowest BCUT2D eigenvalue weighted by molar-refractivity contribution is -0.122. The molecule has 0 bridgehead atoms. The van der Waals surface area contributed by atoms with Gasteiger partial charge in [0.1, 0.15) is 13.2 Å². The van der Waals surface area contributed by atoms with Crippen molar-refractivity contribution in [2.24, 2.45) is 5.92 Å². The van der Waals surface area contributed by atoms with Crippen molar-refractivity contribution in [1.29, 1.82) is 0 Å². The third-order valence-corrected chi connectivity index (χ3v) is 5.70. The van der Waals surface area contributed by atoms with Crippen LogP contribution in [-0.4, -0.2) is 31.6 Å². The van der Waals surface area contributed by atoms with Crippen LogP contribution >= 0.6 is 0 Å². The van der Waals surface area contributed by atoms with Crippen LogP contribution in [0.15, 0.2) is 42.5 Å². The van der Waals surface area contributed by atoms with Crippen molar-refractivity contribution >= 4 is 23.2 Å². The maximum atomic E-state index is 12.9. The normalized spacial score (nSPS) is 19.2. The van der Waals surface area contributed by atoms with Gasteiger partial charge in [0.15, 0.2) is 11.5 Å². The standard InChI is InChI=1S/C23H26N2O4/c1-3-15(2)18-6-4-5-7-19(18)24-23(27)16-12-22(26)25(14-16)17-8-9-20-21(13-17)29-11-10-28-20/h4-9,13,15-16H,3,10-12,14H2,1-2H3,(H,24,27)/t15-,16+/m0/s1. The molecular weight excluding hydrogens is 368 g/mol. The molecule has 0 spiro atoms. The first kappa shape index (κ1) is 19.3. The third kappa shape index (κ3) is 3.92. The Kier molecular flexibility index (Phi) is 5.43. The Bertz CT molecular complexity index is 927. The van der Waals surface area contributed by atoms with E-state index in [1.54, 1.807) is 4.90 Å². The molecule has 0 radical (unpaired) electrons. The van der Waals surface area contributed by atoms with E-state index >= 15 is 0 Å². The second-order valence-corrected chi connectivity index (χ2v) is 7.62. The number of carbonyl (C=O) groups is 2. The van der Waals surface area contributed by atoms with E-state index in [0.29, 0.717) is 37.2 Å². The van der Waals surface area contributed by atoms with Crippen molar-refractivity contribution < 1.29 is 19.1 Å². The number of rotatable bonds is 5. The number of benzene rings is 2. The van der Waals surface area contributed by atoms with Gasteiger partial charge < -0.3 is 19.7 Å². The Labute approximate surface area is 170 Å². The van der Waals surface area contributed by atoms with E-state index in [9.17, 15) is 9.59 Å². The van der Waals surface area contributed by atoms with Gasteiger partial charge in [0.05, 0.1) is 5.92 Å². The molecule has 2 aromatic carbocycles. The number of hydrogen-bond acceptors (Lipinski definition) is 4. The number of nitrogens with zero attached hydrogens (tertiary/aromatic N) is 1. The summed E-state index contributed by atoms with van der Waals surface area (Å²) in [5, 5.41) is 3.05. The second kappa shape index (κ2) is 8.15. The first-order valence-corrected chi connectivity index (χ1v) is 10.2. The Morgan fingerprint density at radius 1 is 1.17 bits per heavy atom. The van der Waals surface area contributed by atoms with Gasteiger partial charge in [0, 0.05) is 30.4 Å². The first-order valence-electron chi connectivity index (χ1n) is 10.2.